The second kappa shape index (κ2) is 28.6. The number of nitrogens with zero attached hydrogens (tertiary/aromatic N) is 1. The molecule has 2 N–H and O–H groups in total. The number of amides is 1. The molecule has 0 aromatic heterocycles. The maximum absolute atomic E-state index is 12.3. The lowest BCUT2D eigenvalue weighted by molar-refractivity contribution is -0.636. The zero-order valence-corrected chi connectivity index (χ0v) is 25.9. The van der Waals surface area contributed by atoms with Crippen LogP contribution in [0.3, 0.4) is 0 Å². The summed E-state index contributed by atoms with van der Waals surface area (Å²) >= 11 is 0. The van der Waals surface area contributed by atoms with Crippen LogP contribution in [0, 0.1) is 38.5 Å². The number of likely N-dealkylation sites (tertiary alicyclic amines) is 1. The van der Waals surface area contributed by atoms with Gasteiger partial charge in [0.15, 0.2) is 6.61 Å². The third-order valence-electron chi connectivity index (χ3n) is 5.67. The van der Waals surface area contributed by atoms with Crippen molar-refractivity contribution in [3.8, 4) is 44.3 Å². The minimum absolute atomic E-state index is 0.188. The monoisotopic (exact) mass is 643 g/mol. The normalized spacial score (nSPS) is 14.8. The zero-order chi connectivity index (χ0) is 35.2. The van der Waals surface area contributed by atoms with Gasteiger partial charge in [-0.1, -0.05) is 48.5 Å². The number of piperidine rings is 1. The lowest BCUT2D eigenvalue weighted by Gasteiger charge is -2.21. The third-order valence-corrected chi connectivity index (χ3v) is 5.67. The lowest BCUT2D eigenvalue weighted by atomic mass is 9.93. The Kier molecular flexibility index (Phi) is 28.9. The summed E-state index contributed by atoms with van der Waals surface area (Å²) < 4.78 is 78.0. The number of halogens is 6. The molecule has 1 amide bonds. The van der Waals surface area contributed by atoms with E-state index in [-0.39, 0.29) is 19.3 Å². The molecular formula is C34H45F6N2O3+. The smallest absolute Gasteiger partial charge is 0.422 e. The largest absolute Gasteiger partial charge is 0.484 e. The number of quaternary nitrogens is 1. The second-order valence-corrected chi connectivity index (χ2v) is 9.10. The average Bonchev–Trinajstić information content (AvgIpc) is 3.59. The Labute approximate surface area is 264 Å². The van der Waals surface area contributed by atoms with E-state index in [4.69, 9.17) is 9.47 Å². The predicted octanol–water partition coefficient (Wildman–Crippen LogP) is 6.46. The molecule has 2 saturated heterocycles. The minimum atomic E-state index is -4.33. The predicted molar refractivity (Wildman–Crippen MR) is 167 cm³/mol. The van der Waals surface area contributed by atoms with Gasteiger partial charge < -0.3 is 19.7 Å². The lowest BCUT2D eigenvalue weighted by Crippen LogP contribution is -2.81. The van der Waals surface area contributed by atoms with Crippen LogP contribution in [-0.2, 0) is 16.1 Å². The number of hydrogen-bond acceptors (Lipinski definition) is 3. The number of terminal acetylenes is 3. The van der Waals surface area contributed by atoms with E-state index in [2.05, 4.69) is 43.9 Å². The van der Waals surface area contributed by atoms with Crippen molar-refractivity contribution in [1.29, 1.82) is 0 Å². The van der Waals surface area contributed by atoms with Crippen molar-refractivity contribution in [2.45, 2.75) is 57.5 Å². The molecule has 2 aromatic carbocycles. The molecule has 2 fully saturated rings. The first-order chi connectivity index (χ1) is 21.4. The minimum Gasteiger partial charge on any atom is -0.484 e. The summed E-state index contributed by atoms with van der Waals surface area (Å²) in [5.74, 6) is 0.628. The van der Waals surface area contributed by atoms with Gasteiger partial charge in [0.05, 0.1) is 19.7 Å². The standard InChI is InChI=1S/C14H18F3NO2.C6H11NO.C6H6.C2H3F3.3C2H2/c1-19-8-12-11(10-5-6-18-7-10)3-2-4-13(12)20-9-14(15,16)17;8-6-7-4-2-1-3-5-7;1-2-4-6-5-3-1;1-2(3,4)5;3*1-2/h2-4,10,18H,5-9H2,1H3;6H,1-5H2;1-6H;1H3;3*1-2H/p+1/t10-;;;;;;/m0....../s1. The van der Waals surface area contributed by atoms with Crippen molar-refractivity contribution < 1.29 is 45.9 Å². The molecule has 5 nitrogen and oxygen atoms in total. The second-order valence-electron chi connectivity index (χ2n) is 9.10. The molecule has 2 aliphatic heterocycles. The molecule has 0 saturated carbocycles. The summed E-state index contributed by atoms with van der Waals surface area (Å²) in [5.41, 5.74) is 1.78. The van der Waals surface area contributed by atoms with E-state index >= 15 is 0 Å². The fraction of sp³-hybridized carbons (Fsp3) is 0.441. The number of alkyl halides is 6. The highest BCUT2D eigenvalue weighted by atomic mass is 19.4. The van der Waals surface area contributed by atoms with E-state index in [0.717, 1.165) is 50.1 Å². The SMILES string of the molecule is C#C.C#C.C#C.CC(F)(F)F.COCc1c(OCC(F)(F)F)cccc1[C@H]1CC[NH2+]C1.O=CN1CCCCC1.c1ccccc1. The number of hydrogen-bond donors (Lipinski definition) is 1. The van der Waals surface area contributed by atoms with Crippen LogP contribution in [0.25, 0.3) is 0 Å². The molecule has 250 valence electrons. The molecular weight excluding hydrogens is 598 g/mol. The van der Waals surface area contributed by atoms with Crippen molar-refractivity contribution in [3.05, 3.63) is 65.7 Å². The van der Waals surface area contributed by atoms with E-state index in [1.165, 1.54) is 26.4 Å². The van der Waals surface area contributed by atoms with Crippen LogP contribution in [0.15, 0.2) is 54.6 Å². The molecule has 0 spiro atoms. The van der Waals surface area contributed by atoms with Crippen LogP contribution in [0.5, 0.6) is 5.75 Å². The molecule has 0 unspecified atom stereocenters. The van der Waals surface area contributed by atoms with E-state index < -0.39 is 19.0 Å². The summed E-state index contributed by atoms with van der Waals surface area (Å²) in [6.45, 7) is 3.13. The van der Waals surface area contributed by atoms with Crippen LogP contribution in [-0.4, -0.2) is 63.6 Å². The highest BCUT2D eigenvalue weighted by Gasteiger charge is 2.30. The fourth-order valence-electron chi connectivity index (χ4n) is 4.01. The topological polar surface area (TPSA) is 55.4 Å². The van der Waals surface area contributed by atoms with E-state index in [0.29, 0.717) is 5.92 Å². The molecule has 2 aromatic rings. The van der Waals surface area contributed by atoms with Crippen LogP contribution in [0.2, 0.25) is 0 Å². The Morgan fingerprint density at radius 1 is 0.867 bits per heavy atom. The number of benzene rings is 2. The Balaban J connectivity index is -0.000000580. The van der Waals surface area contributed by atoms with Gasteiger partial charge in [-0.2, -0.15) is 26.3 Å². The highest BCUT2D eigenvalue weighted by Crippen LogP contribution is 2.31. The summed E-state index contributed by atoms with van der Waals surface area (Å²) in [5, 5.41) is 2.21. The number of ether oxygens (including phenoxy) is 2. The quantitative estimate of drug-likeness (QED) is 0.224. The molecule has 0 radical (unpaired) electrons. The van der Waals surface area contributed by atoms with Gasteiger partial charge in [-0.25, -0.2) is 0 Å². The van der Waals surface area contributed by atoms with Gasteiger partial charge in [-0.05, 0) is 30.9 Å². The van der Waals surface area contributed by atoms with E-state index in [9.17, 15) is 31.1 Å². The summed E-state index contributed by atoms with van der Waals surface area (Å²) in [6, 6.07) is 17.3. The van der Waals surface area contributed by atoms with Gasteiger partial charge in [-0.3, -0.25) is 4.79 Å². The number of methoxy groups -OCH3 is 1. The van der Waals surface area contributed by atoms with Crippen LogP contribution >= 0.6 is 0 Å². The van der Waals surface area contributed by atoms with Crippen LogP contribution < -0.4 is 10.1 Å². The molecule has 0 bridgehead atoms. The van der Waals surface area contributed by atoms with Crippen LogP contribution in [0.1, 0.15) is 49.7 Å². The summed E-state index contributed by atoms with van der Waals surface area (Å²) in [7, 11) is 1.53. The average molecular weight is 644 g/mol. The maximum Gasteiger partial charge on any atom is 0.422 e. The molecule has 2 heterocycles. The van der Waals surface area contributed by atoms with Crippen molar-refractivity contribution in [1.82, 2.24) is 4.90 Å². The Morgan fingerprint density at radius 3 is 1.71 bits per heavy atom. The van der Waals surface area contributed by atoms with Gasteiger partial charge >= 0.3 is 12.4 Å². The van der Waals surface area contributed by atoms with Gasteiger partial charge in [0.25, 0.3) is 0 Å². The Morgan fingerprint density at radius 2 is 1.36 bits per heavy atom. The molecule has 45 heavy (non-hydrogen) atoms. The molecule has 4 rings (SSSR count). The highest BCUT2D eigenvalue weighted by molar-refractivity contribution is 5.47. The molecule has 2 aliphatic rings. The fourth-order valence-corrected chi connectivity index (χ4v) is 4.01. The first kappa shape index (κ1) is 45.3. The zero-order valence-electron chi connectivity index (χ0n) is 25.9. The molecule has 11 heteroatoms. The Hall–Kier alpha value is -4.11. The first-order valence-electron chi connectivity index (χ1n) is 13.8. The Bertz CT molecular complexity index is 979. The van der Waals surface area contributed by atoms with E-state index in [1.807, 2.05) is 47.4 Å². The number of carbonyl (C=O) groups excluding carboxylic acids is 1. The van der Waals surface area contributed by atoms with Gasteiger partial charge in [0.2, 0.25) is 6.41 Å². The number of carbonyl (C=O) groups is 1. The van der Waals surface area contributed by atoms with Crippen molar-refractivity contribution in [2.24, 2.45) is 0 Å². The van der Waals surface area contributed by atoms with Crippen LogP contribution in [0.4, 0.5) is 26.3 Å². The van der Waals surface area contributed by atoms with Crippen molar-refractivity contribution >= 4 is 6.41 Å². The van der Waals surface area contributed by atoms with E-state index in [1.54, 1.807) is 12.1 Å². The number of rotatable bonds is 6. The van der Waals surface area contributed by atoms with Gasteiger partial charge in [0.1, 0.15) is 5.75 Å². The first-order valence-corrected chi connectivity index (χ1v) is 13.8. The van der Waals surface area contributed by atoms with Crippen molar-refractivity contribution in [2.75, 3.05) is 39.9 Å². The molecule has 0 aliphatic carbocycles. The molecule has 1 atom stereocenters. The van der Waals surface area contributed by atoms with Gasteiger partial charge in [-0.15, -0.1) is 38.5 Å². The third kappa shape index (κ3) is 27.2. The summed E-state index contributed by atoms with van der Waals surface area (Å²) in [4.78, 5) is 11.9. The van der Waals surface area contributed by atoms with Gasteiger partial charge in [0, 0.05) is 45.0 Å². The number of nitrogens with two attached hydrogens (primary N) is 1. The maximum atomic E-state index is 12.3. The van der Waals surface area contributed by atoms with Crippen molar-refractivity contribution in [3.63, 3.8) is 0 Å². The summed E-state index contributed by atoms with van der Waals surface area (Å²) in [6.07, 6.45) is 21.3.